The van der Waals surface area contributed by atoms with E-state index in [2.05, 4.69) is 15.6 Å². The van der Waals surface area contributed by atoms with E-state index in [1.807, 2.05) is 0 Å². The highest BCUT2D eigenvalue weighted by Crippen LogP contribution is 2.29. The first kappa shape index (κ1) is 14.3. The molecular formula is C12H8Cl3N3S. The number of aromatic nitrogens is 1. The average molecular weight is 333 g/mol. The van der Waals surface area contributed by atoms with Crippen LogP contribution >= 0.6 is 47.0 Å². The summed E-state index contributed by atoms with van der Waals surface area (Å²) in [6.45, 7) is 0. The lowest BCUT2D eigenvalue weighted by Gasteiger charge is -2.11. The zero-order valence-electron chi connectivity index (χ0n) is 9.45. The number of hydrogen-bond acceptors (Lipinski definition) is 2. The molecule has 1 heterocycles. The quantitative estimate of drug-likeness (QED) is 0.771. The van der Waals surface area contributed by atoms with Gasteiger partial charge in [-0.15, -0.1) is 0 Å². The maximum absolute atomic E-state index is 6.05. The number of rotatable bonds is 2. The smallest absolute Gasteiger partial charge is 0.176 e. The number of hydrogen-bond donors (Lipinski definition) is 2. The molecule has 0 unspecified atom stereocenters. The lowest BCUT2D eigenvalue weighted by molar-refractivity contribution is 1.32. The zero-order valence-corrected chi connectivity index (χ0v) is 12.5. The molecule has 1 aromatic heterocycles. The summed E-state index contributed by atoms with van der Waals surface area (Å²) < 4.78 is 0. The normalized spacial score (nSPS) is 10.1. The number of pyridine rings is 1. The molecule has 0 aliphatic carbocycles. The van der Waals surface area contributed by atoms with Gasteiger partial charge in [0.25, 0.3) is 0 Å². The Bertz CT molecular complexity index is 602. The van der Waals surface area contributed by atoms with Crippen molar-refractivity contribution >= 4 is 63.6 Å². The van der Waals surface area contributed by atoms with Crippen LogP contribution in [0.5, 0.6) is 0 Å². The molecule has 19 heavy (non-hydrogen) atoms. The van der Waals surface area contributed by atoms with Crippen LogP contribution < -0.4 is 10.6 Å². The van der Waals surface area contributed by atoms with E-state index < -0.39 is 0 Å². The number of anilines is 2. The Balaban J connectivity index is 2.05. The first-order valence-electron chi connectivity index (χ1n) is 5.20. The van der Waals surface area contributed by atoms with Gasteiger partial charge in [-0.05, 0) is 36.5 Å². The third-order valence-corrected chi connectivity index (χ3v) is 3.42. The fraction of sp³-hybridized carbons (Fsp3) is 0. The zero-order chi connectivity index (χ0) is 13.8. The van der Waals surface area contributed by atoms with E-state index in [-0.39, 0.29) is 0 Å². The fourth-order valence-electron chi connectivity index (χ4n) is 1.32. The van der Waals surface area contributed by atoms with Crippen LogP contribution in [-0.2, 0) is 0 Å². The summed E-state index contributed by atoms with van der Waals surface area (Å²) >= 11 is 22.9. The van der Waals surface area contributed by atoms with Gasteiger partial charge in [0.1, 0.15) is 5.82 Å². The molecule has 0 aliphatic rings. The van der Waals surface area contributed by atoms with Crippen LogP contribution in [0.1, 0.15) is 0 Å². The number of halogens is 3. The van der Waals surface area contributed by atoms with Crippen molar-refractivity contribution in [3.05, 3.63) is 51.6 Å². The SMILES string of the molecule is S=C(Nc1ccc(Cl)cn1)Nc1cccc(Cl)c1Cl. The highest BCUT2D eigenvalue weighted by molar-refractivity contribution is 7.80. The van der Waals surface area contributed by atoms with Gasteiger partial charge in [-0.25, -0.2) is 4.98 Å². The molecule has 0 saturated heterocycles. The molecule has 0 bridgehead atoms. The van der Waals surface area contributed by atoms with Crippen LogP contribution in [0.15, 0.2) is 36.5 Å². The molecule has 2 aromatic rings. The summed E-state index contributed by atoms with van der Waals surface area (Å²) in [5.41, 5.74) is 0.626. The third kappa shape index (κ3) is 3.94. The predicted molar refractivity (Wildman–Crippen MR) is 85.6 cm³/mol. The largest absolute Gasteiger partial charge is 0.331 e. The number of nitrogens with zero attached hydrogens (tertiary/aromatic N) is 1. The van der Waals surface area contributed by atoms with Crippen molar-refractivity contribution in [1.29, 1.82) is 0 Å². The molecule has 0 aliphatic heterocycles. The summed E-state index contributed by atoms with van der Waals surface area (Å²) in [6.07, 6.45) is 1.53. The second-order valence-electron chi connectivity index (χ2n) is 3.54. The van der Waals surface area contributed by atoms with Crippen LogP contribution in [0.3, 0.4) is 0 Å². The fourth-order valence-corrected chi connectivity index (χ4v) is 1.99. The lowest BCUT2D eigenvalue weighted by atomic mass is 10.3. The molecule has 7 heteroatoms. The van der Waals surface area contributed by atoms with Gasteiger partial charge < -0.3 is 10.6 Å². The van der Waals surface area contributed by atoms with Crippen molar-refractivity contribution in [2.45, 2.75) is 0 Å². The summed E-state index contributed by atoms with van der Waals surface area (Å²) in [5.74, 6) is 0.583. The van der Waals surface area contributed by atoms with Gasteiger partial charge in [0.2, 0.25) is 0 Å². The number of nitrogens with one attached hydrogen (secondary N) is 2. The molecule has 3 nitrogen and oxygen atoms in total. The number of thiocarbonyl (C=S) groups is 1. The Hall–Kier alpha value is -1.07. The van der Waals surface area contributed by atoms with E-state index in [0.717, 1.165) is 0 Å². The van der Waals surface area contributed by atoms with E-state index >= 15 is 0 Å². The molecular weight excluding hydrogens is 325 g/mol. The standard InChI is InChI=1S/C12H8Cl3N3S/c13-7-4-5-10(16-6-7)18-12(19)17-9-3-1-2-8(14)11(9)15/h1-6H,(H2,16,17,18,19). The molecule has 0 spiro atoms. The Morgan fingerprint density at radius 2 is 1.84 bits per heavy atom. The van der Waals surface area contributed by atoms with Crippen LogP contribution in [0, 0.1) is 0 Å². The van der Waals surface area contributed by atoms with Crippen molar-refractivity contribution in [3.8, 4) is 0 Å². The summed E-state index contributed by atoms with van der Waals surface area (Å²) in [5, 5.41) is 7.65. The van der Waals surface area contributed by atoms with Gasteiger partial charge in [0, 0.05) is 6.20 Å². The van der Waals surface area contributed by atoms with Crippen molar-refractivity contribution in [2.75, 3.05) is 10.6 Å². The van der Waals surface area contributed by atoms with Gasteiger partial charge >= 0.3 is 0 Å². The Kier molecular flexibility index (Phi) is 4.82. The van der Waals surface area contributed by atoms with Gasteiger partial charge in [-0.1, -0.05) is 40.9 Å². The third-order valence-electron chi connectivity index (χ3n) is 2.17. The van der Waals surface area contributed by atoms with E-state index in [9.17, 15) is 0 Å². The van der Waals surface area contributed by atoms with Crippen LogP contribution in [0.2, 0.25) is 15.1 Å². The first-order valence-corrected chi connectivity index (χ1v) is 6.74. The minimum Gasteiger partial charge on any atom is -0.331 e. The average Bonchev–Trinajstić information content (AvgIpc) is 2.38. The van der Waals surface area contributed by atoms with Crippen LogP contribution in [0.4, 0.5) is 11.5 Å². The molecule has 0 radical (unpaired) electrons. The maximum Gasteiger partial charge on any atom is 0.176 e. The Morgan fingerprint density at radius 3 is 2.53 bits per heavy atom. The molecule has 0 fully saturated rings. The van der Waals surface area contributed by atoms with Crippen molar-refractivity contribution < 1.29 is 0 Å². The Labute approximate surface area is 130 Å². The lowest BCUT2D eigenvalue weighted by Crippen LogP contribution is -2.19. The summed E-state index contributed by atoms with van der Waals surface area (Å²) in [6, 6.07) is 8.69. The van der Waals surface area contributed by atoms with Gasteiger partial charge in [0.15, 0.2) is 5.11 Å². The second-order valence-corrected chi connectivity index (χ2v) is 5.17. The number of benzene rings is 1. The van der Waals surface area contributed by atoms with E-state index in [1.165, 1.54) is 6.20 Å². The highest BCUT2D eigenvalue weighted by atomic mass is 35.5. The first-order chi connectivity index (χ1) is 9.06. The van der Waals surface area contributed by atoms with E-state index in [0.29, 0.717) is 31.7 Å². The molecule has 2 N–H and O–H groups in total. The molecule has 1 aromatic carbocycles. The highest BCUT2D eigenvalue weighted by Gasteiger charge is 2.06. The topological polar surface area (TPSA) is 37.0 Å². The van der Waals surface area contributed by atoms with E-state index in [4.69, 9.17) is 47.0 Å². The molecule has 0 saturated carbocycles. The molecule has 98 valence electrons. The second kappa shape index (κ2) is 6.39. The van der Waals surface area contributed by atoms with Gasteiger partial charge in [-0.3, -0.25) is 0 Å². The molecule has 0 amide bonds. The Morgan fingerprint density at radius 1 is 1.05 bits per heavy atom. The van der Waals surface area contributed by atoms with Gasteiger partial charge in [-0.2, -0.15) is 0 Å². The summed E-state index contributed by atoms with van der Waals surface area (Å²) in [7, 11) is 0. The van der Waals surface area contributed by atoms with E-state index in [1.54, 1.807) is 30.3 Å². The minimum absolute atomic E-state index is 0.360. The summed E-state index contributed by atoms with van der Waals surface area (Å²) in [4.78, 5) is 4.07. The minimum atomic E-state index is 0.360. The van der Waals surface area contributed by atoms with Crippen molar-refractivity contribution in [3.63, 3.8) is 0 Å². The molecule has 0 atom stereocenters. The van der Waals surface area contributed by atoms with Crippen LogP contribution in [0.25, 0.3) is 0 Å². The predicted octanol–water partition coefficient (Wildman–Crippen LogP) is 4.85. The van der Waals surface area contributed by atoms with Crippen LogP contribution in [-0.4, -0.2) is 10.1 Å². The molecule has 2 rings (SSSR count). The van der Waals surface area contributed by atoms with Crippen molar-refractivity contribution in [1.82, 2.24) is 4.98 Å². The van der Waals surface area contributed by atoms with Crippen molar-refractivity contribution in [2.24, 2.45) is 0 Å². The van der Waals surface area contributed by atoms with Gasteiger partial charge in [0.05, 0.1) is 20.8 Å². The monoisotopic (exact) mass is 331 g/mol. The maximum atomic E-state index is 6.05.